The van der Waals surface area contributed by atoms with Gasteiger partial charge in [-0.15, -0.1) is 0 Å². The SMILES string of the molecule is C=CCOc1ccc(Br)cc1/C=N/NC(=O)c1cccc2ccccc12. The predicted octanol–water partition coefficient (Wildman–Crippen LogP) is 4.93. The number of benzene rings is 3. The van der Waals surface area contributed by atoms with Crippen LogP contribution in [0.3, 0.4) is 0 Å². The predicted molar refractivity (Wildman–Crippen MR) is 109 cm³/mol. The van der Waals surface area contributed by atoms with E-state index in [1.807, 2.05) is 54.6 Å². The lowest BCUT2D eigenvalue weighted by Crippen LogP contribution is -2.18. The van der Waals surface area contributed by atoms with Gasteiger partial charge < -0.3 is 4.74 Å². The van der Waals surface area contributed by atoms with E-state index in [0.717, 1.165) is 20.8 Å². The van der Waals surface area contributed by atoms with Crippen molar-refractivity contribution in [3.63, 3.8) is 0 Å². The lowest BCUT2D eigenvalue weighted by atomic mass is 10.0. The quantitative estimate of drug-likeness (QED) is 0.357. The zero-order valence-corrected chi connectivity index (χ0v) is 15.6. The zero-order chi connectivity index (χ0) is 18.4. The molecule has 0 atom stereocenters. The van der Waals surface area contributed by atoms with Crippen LogP contribution in [0.5, 0.6) is 5.75 Å². The minimum absolute atomic E-state index is 0.262. The van der Waals surface area contributed by atoms with Gasteiger partial charge in [0.15, 0.2) is 0 Å². The van der Waals surface area contributed by atoms with Gasteiger partial charge in [-0.2, -0.15) is 5.10 Å². The van der Waals surface area contributed by atoms with Crippen molar-refractivity contribution < 1.29 is 9.53 Å². The van der Waals surface area contributed by atoms with Crippen LogP contribution in [0.2, 0.25) is 0 Å². The van der Waals surface area contributed by atoms with E-state index < -0.39 is 0 Å². The number of amides is 1. The smallest absolute Gasteiger partial charge is 0.271 e. The molecule has 0 heterocycles. The number of hydrogen-bond acceptors (Lipinski definition) is 3. The highest BCUT2D eigenvalue weighted by Gasteiger charge is 2.08. The average molecular weight is 409 g/mol. The monoisotopic (exact) mass is 408 g/mol. The van der Waals surface area contributed by atoms with E-state index in [1.54, 1.807) is 18.4 Å². The maximum atomic E-state index is 12.5. The Hall–Kier alpha value is -2.92. The highest BCUT2D eigenvalue weighted by Crippen LogP contribution is 2.22. The molecule has 0 aliphatic heterocycles. The molecule has 0 spiro atoms. The second-order valence-electron chi connectivity index (χ2n) is 5.51. The third-order valence-electron chi connectivity index (χ3n) is 3.73. The second kappa shape index (κ2) is 8.45. The number of nitrogens with one attached hydrogen (secondary N) is 1. The van der Waals surface area contributed by atoms with Gasteiger partial charge in [-0.25, -0.2) is 5.43 Å². The molecule has 130 valence electrons. The number of fused-ring (bicyclic) bond motifs is 1. The molecule has 0 fully saturated rings. The van der Waals surface area contributed by atoms with Gasteiger partial charge in [0.05, 0.1) is 6.21 Å². The van der Waals surface area contributed by atoms with E-state index in [9.17, 15) is 4.79 Å². The first-order valence-corrected chi connectivity index (χ1v) is 8.83. The van der Waals surface area contributed by atoms with Crippen LogP contribution in [0.15, 0.2) is 82.9 Å². The number of carbonyl (C=O) groups excluding carboxylic acids is 1. The number of nitrogens with zero attached hydrogens (tertiary/aromatic N) is 1. The standard InChI is InChI=1S/C21H17BrN2O2/c1-2-12-26-20-11-10-17(22)13-16(20)14-23-24-21(25)19-9-5-7-15-6-3-4-8-18(15)19/h2-11,13-14H,1,12H2,(H,24,25)/b23-14+. The number of hydrazone groups is 1. The fourth-order valence-corrected chi connectivity index (χ4v) is 2.92. The maximum absolute atomic E-state index is 12.5. The summed E-state index contributed by atoms with van der Waals surface area (Å²) in [5, 5.41) is 5.98. The minimum Gasteiger partial charge on any atom is -0.489 e. The second-order valence-corrected chi connectivity index (χ2v) is 6.42. The summed E-state index contributed by atoms with van der Waals surface area (Å²) in [5.74, 6) is 0.401. The van der Waals surface area contributed by atoms with Gasteiger partial charge in [-0.1, -0.05) is 65.0 Å². The molecule has 0 radical (unpaired) electrons. The first-order chi connectivity index (χ1) is 12.7. The van der Waals surface area contributed by atoms with Crippen molar-refractivity contribution in [1.29, 1.82) is 0 Å². The Morgan fingerprint density at radius 3 is 2.81 bits per heavy atom. The van der Waals surface area contributed by atoms with E-state index in [1.165, 1.54) is 0 Å². The number of hydrogen-bond donors (Lipinski definition) is 1. The molecule has 3 aromatic rings. The molecular weight excluding hydrogens is 392 g/mol. The fraction of sp³-hybridized carbons (Fsp3) is 0.0476. The molecule has 1 amide bonds. The Labute approximate surface area is 160 Å². The molecule has 1 N–H and O–H groups in total. The largest absolute Gasteiger partial charge is 0.489 e. The highest BCUT2D eigenvalue weighted by molar-refractivity contribution is 9.10. The van der Waals surface area contributed by atoms with Crippen molar-refractivity contribution in [2.45, 2.75) is 0 Å². The molecule has 0 unspecified atom stereocenters. The molecule has 0 aliphatic rings. The van der Waals surface area contributed by atoms with Crippen LogP contribution < -0.4 is 10.2 Å². The molecule has 0 saturated carbocycles. The third kappa shape index (κ3) is 4.18. The summed E-state index contributed by atoms with van der Waals surface area (Å²) in [6.07, 6.45) is 3.23. The Morgan fingerprint density at radius 1 is 1.15 bits per heavy atom. The Balaban J connectivity index is 1.79. The van der Waals surface area contributed by atoms with E-state index in [4.69, 9.17) is 4.74 Å². The summed E-state index contributed by atoms with van der Waals surface area (Å²) in [6.45, 7) is 4.04. The van der Waals surface area contributed by atoms with Crippen LogP contribution in [0.4, 0.5) is 0 Å². The van der Waals surface area contributed by atoms with Crippen molar-refractivity contribution >= 4 is 38.8 Å². The van der Waals surface area contributed by atoms with Gasteiger partial charge in [0.2, 0.25) is 0 Å². The van der Waals surface area contributed by atoms with Crippen molar-refractivity contribution in [2.75, 3.05) is 6.61 Å². The highest BCUT2D eigenvalue weighted by atomic mass is 79.9. The maximum Gasteiger partial charge on any atom is 0.271 e. The molecule has 3 rings (SSSR count). The third-order valence-corrected chi connectivity index (χ3v) is 4.23. The van der Waals surface area contributed by atoms with Gasteiger partial charge in [0.25, 0.3) is 5.91 Å². The lowest BCUT2D eigenvalue weighted by Gasteiger charge is -2.08. The van der Waals surface area contributed by atoms with Crippen LogP contribution in [0.25, 0.3) is 10.8 Å². The van der Waals surface area contributed by atoms with E-state index in [0.29, 0.717) is 17.9 Å². The number of halogens is 1. The minimum atomic E-state index is -0.262. The Bertz CT molecular complexity index is 977. The van der Waals surface area contributed by atoms with Gasteiger partial charge in [0.1, 0.15) is 12.4 Å². The Kier molecular flexibility index (Phi) is 5.81. The van der Waals surface area contributed by atoms with Crippen molar-refractivity contribution in [1.82, 2.24) is 5.43 Å². The van der Waals surface area contributed by atoms with Gasteiger partial charge in [-0.05, 0) is 35.0 Å². The molecule has 0 aromatic heterocycles. The fourth-order valence-electron chi connectivity index (χ4n) is 2.54. The van der Waals surface area contributed by atoms with Gasteiger partial charge >= 0.3 is 0 Å². The average Bonchev–Trinajstić information content (AvgIpc) is 2.67. The molecule has 26 heavy (non-hydrogen) atoms. The Morgan fingerprint density at radius 2 is 1.96 bits per heavy atom. The van der Waals surface area contributed by atoms with Crippen LogP contribution in [-0.4, -0.2) is 18.7 Å². The summed E-state index contributed by atoms with van der Waals surface area (Å²) in [6, 6.07) is 18.9. The first kappa shape index (κ1) is 17.9. The van der Waals surface area contributed by atoms with Gasteiger partial charge in [-0.3, -0.25) is 4.79 Å². The number of carbonyl (C=O) groups is 1. The van der Waals surface area contributed by atoms with Crippen LogP contribution in [0.1, 0.15) is 15.9 Å². The first-order valence-electron chi connectivity index (χ1n) is 8.03. The molecule has 0 saturated heterocycles. The van der Waals surface area contributed by atoms with E-state index in [-0.39, 0.29) is 5.91 Å². The summed E-state index contributed by atoms with van der Waals surface area (Å²) < 4.78 is 6.49. The van der Waals surface area contributed by atoms with Crippen molar-refractivity contribution in [3.8, 4) is 5.75 Å². The summed E-state index contributed by atoms with van der Waals surface area (Å²) in [4.78, 5) is 12.5. The molecule has 0 aliphatic carbocycles. The van der Waals surface area contributed by atoms with Crippen molar-refractivity contribution in [2.24, 2.45) is 5.10 Å². The van der Waals surface area contributed by atoms with Gasteiger partial charge in [0, 0.05) is 15.6 Å². The molecule has 5 heteroatoms. The molecule has 4 nitrogen and oxygen atoms in total. The van der Waals surface area contributed by atoms with E-state index in [2.05, 4.69) is 33.0 Å². The van der Waals surface area contributed by atoms with Crippen molar-refractivity contribution in [3.05, 3.63) is 88.9 Å². The summed E-state index contributed by atoms with van der Waals surface area (Å²) in [7, 11) is 0. The molecule has 3 aromatic carbocycles. The summed E-state index contributed by atoms with van der Waals surface area (Å²) in [5.41, 5.74) is 3.91. The number of rotatable bonds is 6. The number of ether oxygens (including phenoxy) is 1. The zero-order valence-electron chi connectivity index (χ0n) is 14.0. The van der Waals surface area contributed by atoms with Crippen LogP contribution >= 0.6 is 15.9 Å². The van der Waals surface area contributed by atoms with Crippen LogP contribution in [-0.2, 0) is 0 Å². The lowest BCUT2D eigenvalue weighted by molar-refractivity contribution is 0.0957. The van der Waals surface area contributed by atoms with E-state index >= 15 is 0 Å². The normalized spacial score (nSPS) is 10.8. The van der Waals surface area contributed by atoms with Crippen LogP contribution in [0, 0.1) is 0 Å². The molecular formula is C21H17BrN2O2. The summed E-state index contributed by atoms with van der Waals surface area (Å²) >= 11 is 3.42. The molecule has 0 bridgehead atoms. The topological polar surface area (TPSA) is 50.7 Å².